The first-order valence-electron chi connectivity index (χ1n) is 12.2. The number of allylic oxidation sites excluding steroid dienone is 2. The molecule has 2 aliphatic heterocycles. The number of methoxy groups -OCH3 is 1. The highest BCUT2D eigenvalue weighted by Gasteiger charge is 2.45. The van der Waals surface area contributed by atoms with Crippen LogP contribution in [0.5, 0.6) is 0 Å². The number of nitrogens with zero attached hydrogens (tertiary/aromatic N) is 2. The molecular formula is C28H30FN3O6. The van der Waals surface area contributed by atoms with E-state index in [0.29, 0.717) is 36.5 Å². The van der Waals surface area contributed by atoms with Gasteiger partial charge in [0.25, 0.3) is 5.69 Å². The average Bonchev–Trinajstić information content (AvgIpc) is 3.30. The zero-order valence-electron chi connectivity index (χ0n) is 21.5. The molecule has 2 atom stereocenters. The monoisotopic (exact) mass is 523 g/mol. The molecule has 0 unspecified atom stereocenters. The molecule has 0 saturated carbocycles. The van der Waals surface area contributed by atoms with Gasteiger partial charge in [-0.05, 0) is 25.0 Å². The van der Waals surface area contributed by atoms with Gasteiger partial charge in [-0.1, -0.05) is 42.5 Å². The topological polar surface area (TPSA) is 111 Å². The molecule has 0 radical (unpaired) electrons. The predicted octanol–water partition coefficient (Wildman–Crippen LogP) is 4.16. The lowest BCUT2D eigenvalue weighted by molar-refractivity contribution is -0.384. The number of non-ortho nitro benzene ring substituents is 1. The van der Waals surface area contributed by atoms with Crippen LogP contribution in [0.3, 0.4) is 0 Å². The lowest BCUT2D eigenvalue weighted by Gasteiger charge is -2.33. The zero-order valence-corrected chi connectivity index (χ0v) is 21.5. The number of nitro groups is 1. The van der Waals surface area contributed by atoms with Gasteiger partial charge in [0.2, 0.25) is 0 Å². The summed E-state index contributed by atoms with van der Waals surface area (Å²) in [5.41, 5.74) is 0.912. The van der Waals surface area contributed by atoms with E-state index in [2.05, 4.69) is 5.32 Å². The van der Waals surface area contributed by atoms with E-state index in [9.17, 15) is 24.1 Å². The molecule has 0 spiro atoms. The van der Waals surface area contributed by atoms with Crippen molar-refractivity contribution in [3.05, 3.63) is 98.4 Å². The molecule has 0 bridgehead atoms. The molecule has 2 aliphatic rings. The number of benzene rings is 2. The summed E-state index contributed by atoms with van der Waals surface area (Å²) >= 11 is 0. The van der Waals surface area contributed by atoms with E-state index in [1.807, 2.05) is 35.2 Å². The Morgan fingerprint density at radius 3 is 2.42 bits per heavy atom. The Morgan fingerprint density at radius 1 is 1.11 bits per heavy atom. The Labute approximate surface area is 220 Å². The molecule has 38 heavy (non-hydrogen) atoms. The minimum atomic E-state index is -1.35. The third-order valence-electron chi connectivity index (χ3n) is 7.00. The molecule has 2 aromatic rings. The molecule has 0 aromatic heterocycles. The number of ether oxygens (including phenoxy) is 2. The van der Waals surface area contributed by atoms with Gasteiger partial charge < -0.3 is 14.8 Å². The number of carbonyl (C=O) groups is 2. The summed E-state index contributed by atoms with van der Waals surface area (Å²) in [6.45, 7) is 3.78. The molecule has 0 amide bonds. The number of rotatable bonds is 8. The number of likely N-dealkylation sites (tertiary alicyclic amines) is 1. The van der Waals surface area contributed by atoms with Crippen molar-refractivity contribution in [1.29, 1.82) is 0 Å². The van der Waals surface area contributed by atoms with Gasteiger partial charge in [0, 0.05) is 49.6 Å². The Hall–Kier alpha value is -4.05. The first kappa shape index (κ1) is 27.0. The first-order valence-corrected chi connectivity index (χ1v) is 12.2. The van der Waals surface area contributed by atoms with E-state index in [-0.39, 0.29) is 23.4 Å². The van der Waals surface area contributed by atoms with Crippen molar-refractivity contribution >= 4 is 17.6 Å². The van der Waals surface area contributed by atoms with Gasteiger partial charge in [-0.25, -0.2) is 14.0 Å². The standard InChI is InChI=1S/C28H30FN3O6/c1-18-23(26(33)37-3)25(21-10-7-11-22(14-21)32(35)36)24(19(2)30-18)27(34)38-28(16-29)12-13-31(17-28)15-20-8-5-4-6-9-20/h4-11,14,25,30H,12-13,15-17H2,1-3H3/t25-,28+/m1/s1. The Kier molecular flexibility index (Phi) is 7.91. The highest BCUT2D eigenvalue weighted by atomic mass is 19.1. The van der Waals surface area contributed by atoms with Gasteiger partial charge in [-0.15, -0.1) is 0 Å². The fourth-order valence-electron chi connectivity index (χ4n) is 5.17. The van der Waals surface area contributed by atoms with Crippen molar-refractivity contribution in [1.82, 2.24) is 10.2 Å². The summed E-state index contributed by atoms with van der Waals surface area (Å²) in [5, 5.41) is 14.5. The van der Waals surface area contributed by atoms with Gasteiger partial charge in [-0.3, -0.25) is 15.0 Å². The van der Waals surface area contributed by atoms with Crippen LogP contribution in [0, 0.1) is 10.1 Å². The van der Waals surface area contributed by atoms with Crippen LogP contribution in [0.2, 0.25) is 0 Å². The van der Waals surface area contributed by atoms with Gasteiger partial charge in [0.15, 0.2) is 5.60 Å². The first-order chi connectivity index (χ1) is 18.2. The molecular weight excluding hydrogens is 493 g/mol. The number of hydrogen-bond donors (Lipinski definition) is 1. The quantitative estimate of drug-likeness (QED) is 0.312. The average molecular weight is 524 g/mol. The van der Waals surface area contributed by atoms with Crippen LogP contribution in [0.1, 0.15) is 37.3 Å². The second-order valence-corrected chi connectivity index (χ2v) is 9.63. The molecule has 2 heterocycles. The maximum Gasteiger partial charge on any atom is 0.337 e. The summed E-state index contributed by atoms with van der Waals surface area (Å²) in [4.78, 5) is 39.5. The molecule has 0 aliphatic carbocycles. The fraction of sp³-hybridized carbons (Fsp3) is 0.357. The van der Waals surface area contributed by atoms with Crippen LogP contribution in [0.4, 0.5) is 10.1 Å². The fourth-order valence-corrected chi connectivity index (χ4v) is 5.17. The van der Waals surface area contributed by atoms with Crippen LogP contribution < -0.4 is 5.32 Å². The molecule has 4 rings (SSSR count). The van der Waals surface area contributed by atoms with Gasteiger partial charge in [0.05, 0.1) is 29.1 Å². The SMILES string of the molecule is COC(=O)C1=C(C)NC(C)=C(C(=O)O[C@]2(CF)CCN(Cc3ccccc3)C2)[C@@H]1c1cccc([N+](=O)[O-])c1. The van der Waals surface area contributed by atoms with Crippen molar-refractivity contribution in [2.75, 3.05) is 26.9 Å². The van der Waals surface area contributed by atoms with Crippen molar-refractivity contribution < 1.29 is 28.4 Å². The van der Waals surface area contributed by atoms with Crippen molar-refractivity contribution in [2.24, 2.45) is 0 Å². The molecule has 200 valence electrons. The largest absolute Gasteiger partial charge is 0.466 e. The maximum atomic E-state index is 14.5. The summed E-state index contributed by atoms with van der Waals surface area (Å²) in [6, 6.07) is 15.5. The Balaban J connectivity index is 1.67. The summed E-state index contributed by atoms with van der Waals surface area (Å²) < 4.78 is 25.4. The smallest absolute Gasteiger partial charge is 0.337 e. The third-order valence-corrected chi connectivity index (χ3v) is 7.00. The number of alkyl halides is 1. The van der Waals surface area contributed by atoms with E-state index in [1.165, 1.54) is 25.3 Å². The van der Waals surface area contributed by atoms with Crippen LogP contribution in [0.15, 0.2) is 77.1 Å². The highest BCUT2D eigenvalue weighted by molar-refractivity contribution is 6.00. The molecule has 1 N–H and O–H groups in total. The summed E-state index contributed by atoms with van der Waals surface area (Å²) in [6.07, 6.45) is 0.308. The van der Waals surface area contributed by atoms with E-state index in [1.54, 1.807) is 19.9 Å². The third kappa shape index (κ3) is 5.45. The minimum Gasteiger partial charge on any atom is -0.466 e. The Bertz CT molecular complexity index is 1310. The van der Waals surface area contributed by atoms with Gasteiger partial charge in [0.1, 0.15) is 6.67 Å². The minimum absolute atomic E-state index is 0.0748. The number of nitro benzene ring substituents is 1. The number of halogens is 1. The second-order valence-electron chi connectivity index (χ2n) is 9.63. The van der Waals surface area contributed by atoms with Crippen LogP contribution in [-0.4, -0.2) is 54.2 Å². The van der Waals surface area contributed by atoms with Crippen LogP contribution >= 0.6 is 0 Å². The molecule has 9 nitrogen and oxygen atoms in total. The molecule has 2 aromatic carbocycles. The van der Waals surface area contributed by atoms with Gasteiger partial charge in [-0.2, -0.15) is 0 Å². The molecule has 1 fully saturated rings. The van der Waals surface area contributed by atoms with E-state index in [0.717, 1.165) is 5.56 Å². The normalized spacial score (nSPS) is 21.7. The molecule has 10 heteroatoms. The number of nitrogens with one attached hydrogen (secondary N) is 1. The highest BCUT2D eigenvalue weighted by Crippen LogP contribution is 2.41. The maximum absolute atomic E-state index is 14.5. The summed E-state index contributed by atoms with van der Waals surface area (Å²) in [5.74, 6) is -2.49. The lowest BCUT2D eigenvalue weighted by Crippen LogP contribution is -2.42. The van der Waals surface area contributed by atoms with E-state index < -0.39 is 35.1 Å². The second kappa shape index (κ2) is 11.1. The van der Waals surface area contributed by atoms with E-state index >= 15 is 0 Å². The number of hydrogen-bond acceptors (Lipinski definition) is 8. The Morgan fingerprint density at radius 2 is 1.79 bits per heavy atom. The van der Waals surface area contributed by atoms with Crippen LogP contribution in [-0.2, 0) is 25.6 Å². The van der Waals surface area contributed by atoms with Crippen molar-refractivity contribution in [3.8, 4) is 0 Å². The van der Waals surface area contributed by atoms with E-state index in [4.69, 9.17) is 9.47 Å². The zero-order chi connectivity index (χ0) is 27.4. The number of dihydropyridines is 1. The van der Waals surface area contributed by atoms with Crippen molar-refractivity contribution in [2.45, 2.75) is 38.3 Å². The van der Waals surface area contributed by atoms with Gasteiger partial charge >= 0.3 is 11.9 Å². The lowest BCUT2D eigenvalue weighted by atomic mass is 9.80. The van der Waals surface area contributed by atoms with Crippen LogP contribution in [0.25, 0.3) is 0 Å². The molecule has 1 saturated heterocycles. The number of esters is 2. The predicted molar refractivity (Wildman–Crippen MR) is 138 cm³/mol. The number of carbonyl (C=O) groups excluding carboxylic acids is 2. The summed E-state index contributed by atoms with van der Waals surface area (Å²) in [7, 11) is 1.22. The van der Waals surface area contributed by atoms with Crippen molar-refractivity contribution in [3.63, 3.8) is 0 Å².